The minimum absolute atomic E-state index is 0.0476. The lowest BCUT2D eigenvalue weighted by molar-refractivity contribution is -0.136. The highest BCUT2D eigenvalue weighted by molar-refractivity contribution is 9.10. The maximum absolute atomic E-state index is 10.9. The third-order valence-corrected chi connectivity index (χ3v) is 4.02. The molecule has 1 aromatic heterocycles. The fraction of sp³-hybridized carbons (Fsp3) is 0.333. The van der Waals surface area contributed by atoms with E-state index in [9.17, 15) is 4.79 Å². The van der Waals surface area contributed by atoms with Crippen LogP contribution >= 0.6 is 15.9 Å². The second-order valence-corrected chi connectivity index (χ2v) is 5.83. The standard InChI is InChI=1S/C15H17BrN2O2/c1-8-5-9(2)13(10(3)6-8)15-17-14(16)11(18(15)4)7-12(19)20/h5-6H,7H2,1-4H3,(H,19,20). The molecule has 0 saturated heterocycles. The molecule has 0 saturated carbocycles. The number of imidazole rings is 1. The van der Waals surface area contributed by atoms with Crippen LogP contribution < -0.4 is 0 Å². The van der Waals surface area contributed by atoms with E-state index in [0.717, 1.165) is 22.5 Å². The molecular formula is C15H17BrN2O2. The van der Waals surface area contributed by atoms with Crippen molar-refractivity contribution in [1.29, 1.82) is 0 Å². The SMILES string of the molecule is Cc1cc(C)c(-c2nc(Br)c(CC(=O)O)n2C)c(C)c1. The van der Waals surface area contributed by atoms with Crippen molar-refractivity contribution in [2.45, 2.75) is 27.2 Å². The smallest absolute Gasteiger partial charge is 0.309 e. The van der Waals surface area contributed by atoms with Gasteiger partial charge in [0.25, 0.3) is 0 Å². The van der Waals surface area contributed by atoms with Crippen molar-refractivity contribution in [3.63, 3.8) is 0 Å². The van der Waals surface area contributed by atoms with Gasteiger partial charge in [-0.2, -0.15) is 0 Å². The van der Waals surface area contributed by atoms with Crippen LogP contribution in [0.15, 0.2) is 16.7 Å². The van der Waals surface area contributed by atoms with Crippen LogP contribution in [-0.4, -0.2) is 20.6 Å². The molecule has 0 bridgehead atoms. The Morgan fingerprint density at radius 3 is 2.35 bits per heavy atom. The van der Waals surface area contributed by atoms with Gasteiger partial charge in [-0.1, -0.05) is 17.7 Å². The summed E-state index contributed by atoms with van der Waals surface area (Å²) >= 11 is 3.36. The fourth-order valence-corrected chi connectivity index (χ4v) is 3.16. The molecule has 0 aliphatic carbocycles. The first-order chi connectivity index (χ1) is 9.31. The van der Waals surface area contributed by atoms with E-state index in [-0.39, 0.29) is 6.42 Å². The highest BCUT2D eigenvalue weighted by Crippen LogP contribution is 2.30. The number of benzene rings is 1. The minimum Gasteiger partial charge on any atom is -0.481 e. The lowest BCUT2D eigenvalue weighted by atomic mass is 9.99. The fourth-order valence-electron chi connectivity index (χ4n) is 2.59. The van der Waals surface area contributed by atoms with E-state index >= 15 is 0 Å². The molecular weight excluding hydrogens is 320 g/mol. The molecule has 20 heavy (non-hydrogen) atoms. The number of aryl methyl sites for hydroxylation is 3. The lowest BCUT2D eigenvalue weighted by Gasteiger charge is -2.12. The predicted molar refractivity (Wildman–Crippen MR) is 81.9 cm³/mol. The molecule has 0 fully saturated rings. The number of aromatic nitrogens is 2. The molecule has 0 spiro atoms. The van der Waals surface area contributed by atoms with Gasteiger partial charge in [0, 0.05) is 12.6 Å². The van der Waals surface area contributed by atoms with Gasteiger partial charge in [0.2, 0.25) is 0 Å². The zero-order valence-electron chi connectivity index (χ0n) is 12.0. The van der Waals surface area contributed by atoms with Gasteiger partial charge >= 0.3 is 5.97 Å². The molecule has 1 aromatic carbocycles. The molecule has 0 aliphatic rings. The summed E-state index contributed by atoms with van der Waals surface area (Å²) < 4.78 is 2.44. The van der Waals surface area contributed by atoms with E-state index in [2.05, 4.69) is 53.8 Å². The summed E-state index contributed by atoms with van der Waals surface area (Å²) in [7, 11) is 1.85. The first kappa shape index (κ1) is 14.8. The summed E-state index contributed by atoms with van der Waals surface area (Å²) in [5.74, 6) is -0.0688. The average Bonchev–Trinajstić information content (AvgIpc) is 2.55. The van der Waals surface area contributed by atoms with Crippen molar-refractivity contribution in [2.75, 3.05) is 0 Å². The first-order valence-corrected chi connectivity index (χ1v) is 7.11. The van der Waals surface area contributed by atoms with E-state index in [4.69, 9.17) is 5.11 Å². The molecule has 1 heterocycles. The van der Waals surface area contributed by atoms with Gasteiger partial charge in [-0.25, -0.2) is 4.98 Å². The van der Waals surface area contributed by atoms with Crippen LogP contribution in [0, 0.1) is 20.8 Å². The van der Waals surface area contributed by atoms with Gasteiger partial charge in [-0.15, -0.1) is 0 Å². The molecule has 5 heteroatoms. The Hall–Kier alpha value is -1.62. The maximum Gasteiger partial charge on any atom is 0.309 e. The zero-order chi connectivity index (χ0) is 15.0. The van der Waals surface area contributed by atoms with Crippen molar-refractivity contribution >= 4 is 21.9 Å². The summed E-state index contributed by atoms with van der Waals surface area (Å²) in [6.45, 7) is 6.16. The molecule has 2 rings (SSSR count). The number of aliphatic carboxylic acids is 1. The summed E-state index contributed by atoms with van der Waals surface area (Å²) in [4.78, 5) is 15.4. The van der Waals surface area contributed by atoms with Crippen molar-refractivity contribution < 1.29 is 9.90 Å². The number of nitrogens with zero attached hydrogens (tertiary/aromatic N) is 2. The summed E-state index contributed by atoms with van der Waals surface area (Å²) in [5.41, 5.74) is 5.24. The van der Waals surface area contributed by atoms with E-state index < -0.39 is 5.97 Å². The van der Waals surface area contributed by atoms with Crippen LogP contribution in [0.5, 0.6) is 0 Å². The molecule has 106 valence electrons. The highest BCUT2D eigenvalue weighted by atomic mass is 79.9. The summed E-state index contributed by atoms with van der Waals surface area (Å²) in [6, 6.07) is 4.23. The van der Waals surface area contributed by atoms with E-state index in [1.165, 1.54) is 5.56 Å². The van der Waals surface area contributed by atoms with Gasteiger partial charge < -0.3 is 9.67 Å². The van der Waals surface area contributed by atoms with Crippen molar-refractivity contribution in [3.8, 4) is 11.4 Å². The van der Waals surface area contributed by atoms with Crippen molar-refractivity contribution in [1.82, 2.24) is 9.55 Å². The quantitative estimate of drug-likeness (QED) is 0.934. The van der Waals surface area contributed by atoms with E-state index in [1.807, 2.05) is 11.6 Å². The highest BCUT2D eigenvalue weighted by Gasteiger charge is 2.19. The molecule has 0 unspecified atom stereocenters. The van der Waals surface area contributed by atoms with Crippen LogP contribution in [0.2, 0.25) is 0 Å². The number of carbonyl (C=O) groups is 1. The molecule has 0 atom stereocenters. The van der Waals surface area contributed by atoms with Crippen molar-refractivity contribution in [3.05, 3.63) is 39.1 Å². The second kappa shape index (κ2) is 5.40. The molecule has 0 aliphatic heterocycles. The molecule has 0 amide bonds. The predicted octanol–water partition coefficient (Wildman–Crippen LogP) is 3.40. The topological polar surface area (TPSA) is 55.1 Å². The first-order valence-electron chi connectivity index (χ1n) is 6.32. The van der Waals surface area contributed by atoms with Crippen molar-refractivity contribution in [2.24, 2.45) is 7.05 Å². The Bertz CT molecular complexity index is 666. The summed E-state index contributed by atoms with van der Waals surface area (Å²) in [5, 5.41) is 8.98. The van der Waals surface area contributed by atoms with Gasteiger partial charge in [0.1, 0.15) is 10.4 Å². The normalized spacial score (nSPS) is 10.8. The monoisotopic (exact) mass is 336 g/mol. The van der Waals surface area contributed by atoms with E-state index in [0.29, 0.717) is 10.3 Å². The Kier molecular flexibility index (Phi) is 3.99. The number of carboxylic acids is 1. The molecule has 1 N–H and O–H groups in total. The van der Waals surface area contributed by atoms with Gasteiger partial charge in [0.15, 0.2) is 0 Å². The largest absolute Gasteiger partial charge is 0.481 e. The van der Waals surface area contributed by atoms with Gasteiger partial charge in [0.05, 0.1) is 12.1 Å². The van der Waals surface area contributed by atoms with Crippen LogP contribution in [0.1, 0.15) is 22.4 Å². The number of rotatable bonds is 3. The third kappa shape index (κ3) is 2.63. The zero-order valence-corrected chi connectivity index (χ0v) is 13.6. The second-order valence-electron chi connectivity index (χ2n) is 5.08. The average molecular weight is 337 g/mol. The van der Waals surface area contributed by atoms with Gasteiger partial charge in [-0.3, -0.25) is 4.79 Å². The Morgan fingerprint density at radius 2 is 1.85 bits per heavy atom. The minimum atomic E-state index is -0.863. The number of halogens is 1. The number of hydrogen-bond acceptors (Lipinski definition) is 2. The van der Waals surface area contributed by atoms with Crippen LogP contribution in [0.25, 0.3) is 11.4 Å². The Balaban J connectivity index is 2.63. The molecule has 2 aromatic rings. The van der Waals surface area contributed by atoms with Crippen LogP contribution in [-0.2, 0) is 18.3 Å². The van der Waals surface area contributed by atoms with Crippen LogP contribution in [0.4, 0.5) is 0 Å². The lowest BCUT2D eigenvalue weighted by Crippen LogP contribution is -2.07. The maximum atomic E-state index is 10.9. The molecule has 4 nitrogen and oxygen atoms in total. The Morgan fingerprint density at radius 1 is 1.30 bits per heavy atom. The van der Waals surface area contributed by atoms with Crippen LogP contribution in [0.3, 0.4) is 0 Å². The molecule has 0 radical (unpaired) electrons. The number of carboxylic acid groups (broad SMARTS) is 1. The number of hydrogen-bond donors (Lipinski definition) is 1. The Labute approximate surface area is 126 Å². The third-order valence-electron chi connectivity index (χ3n) is 3.38. The van der Waals surface area contributed by atoms with E-state index in [1.54, 1.807) is 0 Å². The van der Waals surface area contributed by atoms with Gasteiger partial charge in [-0.05, 0) is 47.8 Å². The summed E-state index contributed by atoms with van der Waals surface area (Å²) in [6.07, 6.45) is -0.0476.